The van der Waals surface area contributed by atoms with Crippen molar-refractivity contribution in [3.8, 4) is 5.75 Å². The molecule has 0 spiro atoms. The Bertz CT molecular complexity index is 820. The molecule has 2 amide bonds. The van der Waals surface area contributed by atoms with E-state index in [4.69, 9.17) is 9.47 Å². The Balaban J connectivity index is 1.79. The molecule has 1 N–H and O–H groups in total. The molecule has 1 heterocycles. The van der Waals surface area contributed by atoms with Gasteiger partial charge in [0.1, 0.15) is 11.8 Å². The topological polar surface area (TPSA) is 67.9 Å². The summed E-state index contributed by atoms with van der Waals surface area (Å²) < 4.78 is 10.5. The van der Waals surface area contributed by atoms with Crippen LogP contribution in [-0.2, 0) is 16.1 Å². The van der Waals surface area contributed by atoms with E-state index in [1.165, 1.54) is 0 Å². The molecular formula is C22H26N2O4. The van der Waals surface area contributed by atoms with E-state index in [2.05, 4.69) is 5.32 Å². The number of nitrogens with zero attached hydrogens (tertiary/aromatic N) is 1. The van der Waals surface area contributed by atoms with Crippen molar-refractivity contribution in [1.82, 2.24) is 10.2 Å². The molecule has 1 atom stereocenters. The van der Waals surface area contributed by atoms with Crippen LogP contribution >= 0.6 is 0 Å². The summed E-state index contributed by atoms with van der Waals surface area (Å²) in [6.45, 7) is 3.98. The van der Waals surface area contributed by atoms with Crippen LogP contribution in [0.15, 0.2) is 48.5 Å². The van der Waals surface area contributed by atoms with Crippen molar-refractivity contribution in [2.75, 3.05) is 26.9 Å². The summed E-state index contributed by atoms with van der Waals surface area (Å²) in [5.41, 5.74) is 2.29. The van der Waals surface area contributed by atoms with E-state index in [9.17, 15) is 9.59 Å². The lowest BCUT2D eigenvalue weighted by Crippen LogP contribution is -2.39. The predicted molar refractivity (Wildman–Crippen MR) is 106 cm³/mol. The SMILES string of the molecule is CCOc1ccc(CN2C(=O)c3ccccc3[C@@H]2C(=O)NCCCOC)cc1. The lowest BCUT2D eigenvalue weighted by atomic mass is 10.0. The van der Waals surface area contributed by atoms with Crippen molar-refractivity contribution >= 4 is 11.8 Å². The van der Waals surface area contributed by atoms with Crippen LogP contribution in [-0.4, -0.2) is 43.6 Å². The molecule has 28 heavy (non-hydrogen) atoms. The molecule has 148 valence electrons. The van der Waals surface area contributed by atoms with E-state index < -0.39 is 6.04 Å². The number of rotatable bonds is 9. The van der Waals surface area contributed by atoms with Crippen molar-refractivity contribution in [1.29, 1.82) is 0 Å². The Labute approximate surface area is 165 Å². The van der Waals surface area contributed by atoms with Gasteiger partial charge in [-0.15, -0.1) is 0 Å². The number of carbonyl (C=O) groups is 2. The largest absolute Gasteiger partial charge is 0.494 e. The molecule has 3 rings (SSSR count). The van der Waals surface area contributed by atoms with Gasteiger partial charge in [0, 0.05) is 32.4 Å². The summed E-state index contributed by atoms with van der Waals surface area (Å²) in [5.74, 6) is 0.497. The van der Waals surface area contributed by atoms with Gasteiger partial charge in [0.05, 0.1) is 6.61 Å². The fourth-order valence-electron chi connectivity index (χ4n) is 3.40. The molecule has 0 aliphatic carbocycles. The Kier molecular flexibility index (Phi) is 6.66. The third-order valence-electron chi connectivity index (χ3n) is 4.72. The summed E-state index contributed by atoms with van der Waals surface area (Å²) in [7, 11) is 1.63. The minimum atomic E-state index is -0.627. The molecule has 2 aromatic carbocycles. The smallest absolute Gasteiger partial charge is 0.255 e. The third-order valence-corrected chi connectivity index (χ3v) is 4.72. The summed E-state index contributed by atoms with van der Waals surface area (Å²) in [4.78, 5) is 27.5. The highest BCUT2D eigenvalue weighted by Gasteiger charge is 2.40. The Morgan fingerprint density at radius 2 is 1.89 bits per heavy atom. The fourth-order valence-corrected chi connectivity index (χ4v) is 3.40. The van der Waals surface area contributed by atoms with Crippen LogP contribution < -0.4 is 10.1 Å². The first-order valence-electron chi connectivity index (χ1n) is 9.54. The number of hydrogen-bond acceptors (Lipinski definition) is 4. The Morgan fingerprint density at radius 3 is 2.61 bits per heavy atom. The highest BCUT2D eigenvalue weighted by Crippen LogP contribution is 2.35. The standard InChI is InChI=1S/C22H26N2O4/c1-3-28-17-11-9-16(10-12-17)15-24-20(21(25)23-13-6-14-27-2)18-7-4-5-8-19(18)22(24)26/h4-5,7-12,20H,3,6,13-15H2,1-2H3,(H,23,25)/t20-/m1/s1. The zero-order chi connectivity index (χ0) is 19.9. The zero-order valence-electron chi connectivity index (χ0n) is 16.3. The molecular weight excluding hydrogens is 356 g/mol. The first-order chi connectivity index (χ1) is 13.7. The van der Waals surface area contributed by atoms with Crippen molar-refractivity contribution in [2.45, 2.75) is 25.9 Å². The third kappa shape index (κ3) is 4.34. The maximum atomic E-state index is 13.0. The minimum absolute atomic E-state index is 0.124. The van der Waals surface area contributed by atoms with Gasteiger partial charge in [-0.3, -0.25) is 9.59 Å². The summed E-state index contributed by atoms with van der Waals surface area (Å²) in [6, 6.07) is 14.3. The van der Waals surface area contributed by atoms with Crippen LogP contribution in [0, 0.1) is 0 Å². The van der Waals surface area contributed by atoms with Crippen LogP contribution in [0.4, 0.5) is 0 Å². The number of carbonyl (C=O) groups excluding carboxylic acids is 2. The van der Waals surface area contributed by atoms with Gasteiger partial charge < -0.3 is 19.7 Å². The van der Waals surface area contributed by atoms with Crippen LogP contribution in [0.25, 0.3) is 0 Å². The van der Waals surface area contributed by atoms with E-state index in [1.807, 2.05) is 49.4 Å². The Hall–Kier alpha value is -2.86. The van der Waals surface area contributed by atoms with Crippen molar-refractivity contribution < 1.29 is 19.1 Å². The molecule has 0 fully saturated rings. The van der Waals surface area contributed by atoms with E-state index in [-0.39, 0.29) is 11.8 Å². The lowest BCUT2D eigenvalue weighted by Gasteiger charge is -2.25. The highest BCUT2D eigenvalue weighted by atomic mass is 16.5. The second kappa shape index (κ2) is 9.37. The summed E-state index contributed by atoms with van der Waals surface area (Å²) in [5, 5.41) is 2.93. The monoisotopic (exact) mass is 382 g/mol. The average Bonchev–Trinajstić information content (AvgIpc) is 2.99. The van der Waals surface area contributed by atoms with Gasteiger partial charge in [-0.05, 0) is 42.7 Å². The molecule has 0 unspecified atom stereocenters. The summed E-state index contributed by atoms with van der Waals surface area (Å²) >= 11 is 0. The maximum absolute atomic E-state index is 13.0. The number of nitrogens with one attached hydrogen (secondary N) is 1. The number of benzene rings is 2. The fraction of sp³-hybridized carbons (Fsp3) is 0.364. The molecule has 0 saturated heterocycles. The number of amides is 2. The molecule has 2 aromatic rings. The second-order valence-corrected chi connectivity index (χ2v) is 6.64. The predicted octanol–water partition coefficient (Wildman–Crippen LogP) is 2.94. The van der Waals surface area contributed by atoms with Gasteiger partial charge in [-0.2, -0.15) is 0 Å². The van der Waals surface area contributed by atoms with Gasteiger partial charge in [0.15, 0.2) is 0 Å². The highest BCUT2D eigenvalue weighted by molar-refractivity contribution is 6.04. The van der Waals surface area contributed by atoms with E-state index in [0.717, 1.165) is 23.3 Å². The minimum Gasteiger partial charge on any atom is -0.494 e. The van der Waals surface area contributed by atoms with Gasteiger partial charge >= 0.3 is 0 Å². The molecule has 0 bridgehead atoms. The Morgan fingerprint density at radius 1 is 1.14 bits per heavy atom. The molecule has 0 aromatic heterocycles. The van der Waals surface area contributed by atoms with Crippen LogP contribution in [0.3, 0.4) is 0 Å². The van der Waals surface area contributed by atoms with Crippen molar-refractivity contribution in [3.63, 3.8) is 0 Å². The maximum Gasteiger partial charge on any atom is 0.255 e. The molecule has 6 nitrogen and oxygen atoms in total. The number of methoxy groups -OCH3 is 1. The number of hydrogen-bond donors (Lipinski definition) is 1. The molecule has 0 saturated carbocycles. The molecule has 1 aliphatic rings. The molecule has 0 radical (unpaired) electrons. The van der Waals surface area contributed by atoms with E-state index in [0.29, 0.717) is 31.9 Å². The number of ether oxygens (including phenoxy) is 2. The second-order valence-electron chi connectivity index (χ2n) is 6.64. The summed E-state index contributed by atoms with van der Waals surface area (Å²) in [6.07, 6.45) is 0.726. The zero-order valence-corrected chi connectivity index (χ0v) is 16.3. The van der Waals surface area contributed by atoms with Crippen LogP contribution in [0.5, 0.6) is 5.75 Å². The number of fused-ring (bicyclic) bond motifs is 1. The normalized spacial score (nSPS) is 15.4. The van der Waals surface area contributed by atoms with Crippen molar-refractivity contribution in [2.24, 2.45) is 0 Å². The van der Waals surface area contributed by atoms with Gasteiger partial charge in [-0.25, -0.2) is 0 Å². The van der Waals surface area contributed by atoms with E-state index in [1.54, 1.807) is 18.1 Å². The molecule has 6 heteroatoms. The van der Waals surface area contributed by atoms with Gasteiger partial charge in [0.2, 0.25) is 5.91 Å². The first kappa shape index (κ1) is 19.9. The first-order valence-corrected chi connectivity index (χ1v) is 9.54. The van der Waals surface area contributed by atoms with Crippen LogP contribution in [0.2, 0.25) is 0 Å². The quantitative estimate of drug-likeness (QED) is 0.677. The van der Waals surface area contributed by atoms with E-state index >= 15 is 0 Å². The lowest BCUT2D eigenvalue weighted by molar-refractivity contribution is -0.125. The van der Waals surface area contributed by atoms with Crippen LogP contribution in [0.1, 0.15) is 40.9 Å². The van der Waals surface area contributed by atoms with Gasteiger partial charge in [-0.1, -0.05) is 30.3 Å². The average molecular weight is 382 g/mol. The molecule has 1 aliphatic heterocycles. The van der Waals surface area contributed by atoms with Gasteiger partial charge in [0.25, 0.3) is 5.91 Å². The van der Waals surface area contributed by atoms with Crippen molar-refractivity contribution in [3.05, 3.63) is 65.2 Å².